The number of rotatable bonds is 7. The van der Waals surface area contributed by atoms with Crippen LogP contribution >= 0.6 is 12.2 Å². The van der Waals surface area contributed by atoms with E-state index >= 15 is 0 Å². The molecule has 3 N–H and O–H groups in total. The molecule has 0 radical (unpaired) electrons. The molecule has 0 aromatic heterocycles. The number of benzene rings is 1. The molecule has 0 heterocycles. The van der Waals surface area contributed by atoms with Gasteiger partial charge in [0.1, 0.15) is 0 Å². The lowest BCUT2D eigenvalue weighted by Gasteiger charge is -2.19. The van der Waals surface area contributed by atoms with Crippen LogP contribution in [0.5, 0.6) is 0 Å². The first-order valence-electron chi connectivity index (χ1n) is 6.45. The molecular weight excluding hydrogens is 244 g/mol. The highest BCUT2D eigenvalue weighted by molar-refractivity contribution is 7.80. The highest BCUT2D eigenvalue weighted by atomic mass is 32.1. The summed E-state index contributed by atoms with van der Waals surface area (Å²) < 4.78 is 0. The highest BCUT2D eigenvalue weighted by Crippen LogP contribution is 2.02. The Morgan fingerprint density at radius 1 is 1.33 bits per heavy atom. The van der Waals surface area contributed by atoms with E-state index in [1.807, 2.05) is 18.2 Å². The number of hydrogen-bond donors (Lipinski definition) is 3. The van der Waals surface area contributed by atoms with Gasteiger partial charge in [0.2, 0.25) is 0 Å². The number of aliphatic hydroxyl groups excluding tert-OH is 1. The zero-order valence-electron chi connectivity index (χ0n) is 10.9. The molecule has 18 heavy (non-hydrogen) atoms. The maximum atomic E-state index is 9.36. The van der Waals surface area contributed by atoms with E-state index in [2.05, 4.69) is 29.7 Å². The van der Waals surface area contributed by atoms with Gasteiger partial charge in [0.15, 0.2) is 5.11 Å². The second-order valence-electron chi connectivity index (χ2n) is 4.32. The molecule has 0 spiro atoms. The van der Waals surface area contributed by atoms with E-state index in [0.717, 1.165) is 25.8 Å². The van der Waals surface area contributed by atoms with Gasteiger partial charge in [-0.1, -0.05) is 43.7 Å². The molecule has 1 atom stereocenters. The van der Waals surface area contributed by atoms with Crippen molar-refractivity contribution in [3.8, 4) is 0 Å². The summed E-state index contributed by atoms with van der Waals surface area (Å²) in [5.74, 6) is 0. The van der Waals surface area contributed by atoms with Gasteiger partial charge in [-0.3, -0.25) is 0 Å². The molecule has 1 aromatic rings. The summed E-state index contributed by atoms with van der Waals surface area (Å²) in [5, 5.41) is 16.3. The van der Waals surface area contributed by atoms with Crippen molar-refractivity contribution in [2.75, 3.05) is 13.2 Å². The first-order valence-corrected chi connectivity index (χ1v) is 6.86. The van der Waals surface area contributed by atoms with Crippen LogP contribution in [0.15, 0.2) is 30.3 Å². The average molecular weight is 266 g/mol. The molecule has 100 valence electrons. The van der Waals surface area contributed by atoms with Crippen LogP contribution in [0.3, 0.4) is 0 Å². The average Bonchev–Trinajstić information content (AvgIpc) is 2.39. The minimum Gasteiger partial charge on any atom is -0.394 e. The van der Waals surface area contributed by atoms with Crippen LogP contribution in [0.1, 0.15) is 25.3 Å². The van der Waals surface area contributed by atoms with Gasteiger partial charge in [-0.25, -0.2) is 0 Å². The van der Waals surface area contributed by atoms with Crippen molar-refractivity contribution in [1.82, 2.24) is 10.6 Å². The second kappa shape index (κ2) is 8.89. The largest absolute Gasteiger partial charge is 0.394 e. The van der Waals surface area contributed by atoms with Gasteiger partial charge in [0, 0.05) is 6.54 Å². The lowest BCUT2D eigenvalue weighted by atomic mass is 10.1. The van der Waals surface area contributed by atoms with Gasteiger partial charge in [-0.05, 0) is 30.6 Å². The predicted octanol–water partition coefficient (Wildman–Crippen LogP) is 1.85. The summed E-state index contributed by atoms with van der Waals surface area (Å²) >= 11 is 5.19. The lowest BCUT2D eigenvalue weighted by Crippen LogP contribution is -2.44. The monoisotopic (exact) mass is 266 g/mol. The molecule has 0 saturated carbocycles. The quantitative estimate of drug-likeness (QED) is 0.521. The molecule has 0 saturated heterocycles. The van der Waals surface area contributed by atoms with Crippen molar-refractivity contribution < 1.29 is 5.11 Å². The highest BCUT2D eigenvalue weighted by Gasteiger charge is 2.09. The number of nitrogens with one attached hydrogen (secondary N) is 2. The maximum absolute atomic E-state index is 9.36. The summed E-state index contributed by atoms with van der Waals surface area (Å²) in [6.45, 7) is 3.10. The Bertz CT molecular complexity index is 343. The van der Waals surface area contributed by atoms with E-state index < -0.39 is 0 Å². The van der Waals surface area contributed by atoms with E-state index in [9.17, 15) is 5.11 Å². The van der Waals surface area contributed by atoms with E-state index in [4.69, 9.17) is 12.2 Å². The Labute approximate surface area is 115 Å². The summed E-state index contributed by atoms with van der Waals surface area (Å²) in [6, 6.07) is 10.1. The smallest absolute Gasteiger partial charge is 0.166 e. The fourth-order valence-corrected chi connectivity index (χ4v) is 1.94. The van der Waals surface area contributed by atoms with Gasteiger partial charge >= 0.3 is 0 Å². The number of hydrogen-bond acceptors (Lipinski definition) is 2. The Morgan fingerprint density at radius 3 is 2.67 bits per heavy atom. The third-order valence-corrected chi connectivity index (χ3v) is 2.96. The Balaban J connectivity index is 2.35. The van der Waals surface area contributed by atoms with Crippen LogP contribution in [0.25, 0.3) is 0 Å². The van der Waals surface area contributed by atoms with Gasteiger partial charge in [0.05, 0.1) is 12.6 Å². The first-order chi connectivity index (χ1) is 8.76. The van der Waals surface area contributed by atoms with Crippen LogP contribution in [-0.4, -0.2) is 29.4 Å². The number of thiocarbonyl (C=S) groups is 1. The SMILES string of the molecule is CCCCNC(=S)N[C@@H](CO)Cc1ccccc1. The minimum atomic E-state index is -0.0333. The molecule has 0 fully saturated rings. The molecule has 0 amide bonds. The van der Waals surface area contributed by atoms with Crippen molar-refractivity contribution in [3.63, 3.8) is 0 Å². The van der Waals surface area contributed by atoms with Gasteiger partial charge in [-0.15, -0.1) is 0 Å². The van der Waals surface area contributed by atoms with E-state index in [1.54, 1.807) is 0 Å². The fourth-order valence-electron chi connectivity index (χ4n) is 1.67. The third-order valence-electron chi connectivity index (χ3n) is 2.70. The fraction of sp³-hybridized carbons (Fsp3) is 0.500. The van der Waals surface area contributed by atoms with Gasteiger partial charge in [-0.2, -0.15) is 0 Å². The van der Waals surface area contributed by atoms with Crippen molar-refractivity contribution in [1.29, 1.82) is 0 Å². The normalized spacial score (nSPS) is 11.9. The second-order valence-corrected chi connectivity index (χ2v) is 4.73. The van der Waals surface area contributed by atoms with Crippen molar-refractivity contribution in [3.05, 3.63) is 35.9 Å². The summed E-state index contributed by atoms with van der Waals surface area (Å²) in [6.07, 6.45) is 3.01. The Morgan fingerprint density at radius 2 is 2.06 bits per heavy atom. The van der Waals surface area contributed by atoms with Crippen LogP contribution in [0, 0.1) is 0 Å². The van der Waals surface area contributed by atoms with Crippen molar-refractivity contribution >= 4 is 17.3 Å². The van der Waals surface area contributed by atoms with Crippen LogP contribution in [0.2, 0.25) is 0 Å². The molecule has 0 aliphatic carbocycles. The van der Waals surface area contributed by atoms with Crippen molar-refractivity contribution in [2.24, 2.45) is 0 Å². The van der Waals surface area contributed by atoms with E-state index in [0.29, 0.717) is 5.11 Å². The summed E-state index contributed by atoms with van der Waals surface area (Å²) in [4.78, 5) is 0. The van der Waals surface area contributed by atoms with Gasteiger partial charge < -0.3 is 15.7 Å². The van der Waals surface area contributed by atoms with Crippen molar-refractivity contribution in [2.45, 2.75) is 32.2 Å². The van der Waals surface area contributed by atoms with Crippen LogP contribution in [-0.2, 0) is 6.42 Å². The number of aliphatic hydroxyl groups is 1. The molecule has 0 aliphatic heterocycles. The molecule has 1 rings (SSSR count). The standard InChI is InChI=1S/C14H22N2OS/c1-2-3-9-15-14(18)16-13(11-17)10-12-7-5-4-6-8-12/h4-8,13,17H,2-3,9-11H2,1H3,(H2,15,16,18)/t13-/m1/s1. The Hall–Kier alpha value is -1.13. The molecule has 1 aromatic carbocycles. The summed E-state index contributed by atoms with van der Waals surface area (Å²) in [5.41, 5.74) is 1.19. The lowest BCUT2D eigenvalue weighted by molar-refractivity contribution is 0.254. The molecule has 4 heteroatoms. The Kier molecular flexibility index (Phi) is 7.37. The molecule has 0 unspecified atom stereocenters. The maximum Gasteiger partial charge on any atom is 0.166 e. The van der Waals surface area contributed by atoms with E-state index in [-0.39, 0.29) is 12.6 Å². The predicted molar refractivity (Wildman–Crippen MR) is 79.7 cm³/mol. The molecule has 0 bridgehead atoms. The third kappa shape index (κ3) is 5.98. The topological polar surface area (TPSA) is 44.3 Å². The minimum absolute atomic E-state index is 0.0333. The molecular formula is C14H22N2OS. The number of unbranched alkanes of at least 4 members (excludes halogenated alkanes) is 1. The summed E-state index contributed by atoms with van der Waals surface area (Å²) in [7, 11) is 0. The van der Waals surface area contributed by atoms with E-state index in [1.165, 1.54) is 5.56 Å². The molecule has 0 aliphatic rings. The van der Waals surface area contributed by atoms with Crippen LogP contribution in [0.4, 0.5) is 0 Å². The zero-order valence-corrected chi connectivity index (χ0v) is 11.7. The zero-order chi connectivity index (χ0) is 13.2. The van der Waals surface area contributed by atoms with Gasteiger partial charge in [0.25, 0.3) is 0 Å². The van der Waals surface area contributed by atoms with Crippen LogP contribution < -0.4 is 10.6 Å². The molecule has 3 nitrogen and oxygen atoms in total. The first kappa shape index (κ1) is 14.9.